The summed E-state index contributed by atoms with van der Waals surface area (Å²) in [7, 11) is 3.46. The zero-order chi connectivity index (χ0) is 13.0. The van der Waals surface area contributed by atoms with Crippen molar-refractivity contribution in [2.45, 2.75) is 6.10 Å². The molecule has 0 radical (unpaired) electrons. The van der Waals surface area contributed by atoms with Gasteiger partial charge in [-0.3, -0.25) is 4.68 Å². The third-order valence-electron chi connectivity index (χ3n) is 2.67. The average molecular weight is 247 g/mol. The molecule has 1 atom stereocenters. The predicted octanol–water partition coefficient (Wildman–Crippen LogP) is 1.57. The van der Waals surface area contributed by atoms with E-state index >= 15 is 0 Å². The second-order valence-electron chi connectivity index (χ2n) is 4.05. The molecule has 0 amide bonds. The molecule has 2 rings (SSSR count). The molecule has 1 aromatic carbocycles. The summed E-state index contributed by atoms with van der Waals surface area (Å²) in [5.74, 6) is 1.49. The molecule has 0 saturated carbocycles. The van der Waals surface area contributed by atoms with Crippen LogP contribution in [0.15, 0.2) is 36.5 Å². The highest BCUT2D eigenvalue weighted by Gasteiger charge is 2.08. The summed E-state index contributed by atoms with van der Waals surface area (Å²) < 4.78 is 6.83. The highest BCUT2D eigenvalue weighted by Crippen LogP contribution is 2.19. The van der Waals surface area contributed by atoms with Gasteiger partial charge in [0.1, 0.15) is 11.6 Å². The maximum atomic E-state index is 10.1. The van der Waals surface area contributed by atoms with Gasteiger partial charge >= 0.3 is 0 Å². The molecule has 2 aromatic rings. The fourth-order valence-corrected chi connectivity index (χ4v) is 1.68. The molecule has 1 aromatic heterocycles. The fraction of sp³-hybridized carbons (Fsp3) is 0.308. The number of hydrogen-bond acceptors (Lipinski definition) is 4. The van der Waals surface area contributed by atoms with Crippen LogP contribution in [-0.4, -0.2) is 28.5 Å². The summed E-state index contributed by atoms with van der Waals surface area (Å²) in [5.41, 5.74) is 0.817. The fourth-order valence-electron chi connectivity index (χ4n) is 1.68. The van der Waals surface area contributed by atoms with Gasteiger partial charge in [-0.25, -0.2) is 0 Å². The van der Waals surface area contributed by atoms with Crippen LogP contribution in [0.2, 0.25) is 0 Å². The van der Waals surface area contributed by atoms with E-state index in [1.807, 2.05) is 43.6 Å². The van der Waals surface area contributed by atoms with Crippen molar-refractivity contribution in [2.24, 2.45) is 7.05 Å². The Morgan fingerprint density at radius 1 is 1.44 bits per heavy atom. The number of nitrogens with one attached hydrogen (secondary N) is 1. The zero-order valence-electron chi connectivity index (χ0n) is 10.5. The van der Waals surface area contributed by atoms with Gasteiger partial charge < -0.3 is 15.2 Å². The molecule has 0 aliphatic heterocycles. The molecule has 96 valence electrons. The molecule has 18 heavy (non-hydrogen) atoms. The molecule has 2 N–H and O–H groups in total. The van der Waals surface area contributed by atoms with Gasteiger partial charge in [0.05, 0.1) is 13.2 Å². The number of anilines is 1. The van der Waals surface area contributed by atoms with Gasteiger partial charge in [0.2, 0.25) is 0 Å². The first kappa shape index (κ1) is 12.4. The lowest BCUT2D eigenvalue weighted by Gasteiger charge is -2.12. The van der Waals surface area contributed by atoms with Crippen LogP contribution in [-0.2, 0) is 7.05 Å². The number of methoxy groups -OCH3 is 1. The van der Waals surface area contributed by atoms with Crippen molar-refractivity contribution >= 4 is 5.82 Å². The number of aliphatic hydroxyl groups excluding tert-OH is 1. The van der Waals surface area contributed by atoms with E-state index in [9.17, 15) is 5.11 Å². The lowest BCUT2D eigenvalue weighted by Crippen LogP contribution is -2.12. The van der Waals surface area contributed by atoms with Gasteiger partial charge in [-0.05, 0) is 17.7 Å². The largest absolute Gasteiger partial charge is 0.497 e. The summed E-state index contributed by atoms with van der Waals surface area (Å²) in [6.07, 6.45) is 1.25. The number of nitrogens with zero attached hydrogens (tertiary/aromatic N) is 2. The third kappa shape index (κ3) is 3.01. The number of aliphatic hydroxyl groups is 1. The average Bonchev–Trinajstić information content (AvgIpc) is 2.82. The second-order valence-corrected chi connectivity index (χ2v) is 4.05. The molecular weight excluding hydrogens is 230 g/mol. The van der Waals surface area contributed by atoms with Gasteiger partial charge in [-0.1, -0.05) is 12.1 Å². The topological polar surface area (TPSA) is 59.3 Å². The van der Waals surface area contributed by atoms with Gasteiger partial charge in [0.15, 0.2) is 0 Å². The first-order chi connectivity index (χ1) is 8.69. The molecule has 0 saturated heterocycles. The molecule has 5 nitrogen and oxygen atoms in total. The van der Waals surface area contributed by atoms with Crippen molar-refractivity contribution in [1.29, 1.82) is 0 Å². The van der Waals surface area contributed by atoms with E-state index in [1.54, 1.807) is 11.8 Å². The number of rotatable bonds is 5. The van der Waals surface area contributed by atoms with E-state index in [1.165, 1.54) is 0 Å². The number of aromatic nitrogens is 2. The molecular formula is C13H17N3O2. The van der Waals surface area contributed by atoms with E-state index in [2.05, 4.69) is 10.4 Å². The summed E-state index contributed by atoms with van der Waals surface area (Å²) in [6, 6.07) is 9.26. The maximum Gasteiger partial charge on any atom is 0.148 e. The van der Waals surface area contributed by atoms with Gasteiger partial charge in [0, 0.05) is 25.9 Å². The van der Waals surface area contributed by atoms with E-state index in [4.69, 9.17) is 4.74 Å². The highest BCUT2D eigenvalue weighted by atomic mass is 16.5. The van der Waals surface area contributed by atoms with Crippen LogP contribution < -0.4 is 10.1 Å². The van der Waals surface area contributed by atoms with E-state index in [0.29, 0.717) is 6.54 Å². The minimum Gasteiger partial charge on any atom is -0.497 e. The van der Waals surface area contributed by atoms with Crippen LogP contribution in [0, 0.1) is 0 Å². The van der Waals surface area contributed by atoms with Gasteiger partial charge in [0.25, 0.3) is 0 Å². The van der Waals surface area contributed by atoms with Crippen LogP contribution >= 0.6 is 0 Å². The number of aryl methyl sites for hydroxylation is 1. The molecule has 1 unspecified atom stereocenters. The monoisotopic (exact) mass is 247 g/mol. The van der Waals surface area contributed by atoms with Gasteiger partial charge in [-0.15, -0.1) is 0 Å². The Balaban J connectivity index is 1.96. The zero-order valence-corrected chi connectivity index (χ0v) is 10.5. The van der Waals surface area contributed by atoms with Crippen LogP contribution in [0.3, 0.4) is 0 Å². The Bertz CT molecular complexity index is 510. The number of benzene rings is 1. The van der Waals surface area contributed by atoms with Crippen LogP contribution in [0.1, 0.15) is 11.7 Å². The van der Waals surface area contributed by atoms with Crippen molar-refractivity contribution < 1.29 is 9.84 Å². The van der Waals surface area contributed by atoms with Crippen LogP contribution in [0.4, 0.5) is 5.82 Å². The molecule has 5 heteroatoms. The van der Waals surface area contributed by atoms with E-state index in [0.717, 1.165) is 17.1 Å². The van der Waals surface area contributed by atoms with Crippen molar-refractivity contribution in [3.8, 4) is 5.75 Å². The predicted molar refractivity (Wildman–Crippen MR) is 69.7 cm³/mol. The first-order valence-corrected chi connectivity index (χ1v) is 5.74. The minimum atomic E-state index is -0.595. The summed E-state index contributed by atoms with van der Waals surface area (Å²) in [5, 5.41) is 17.3. The molecule has 1 heterocycles. The number of ether oxygens (including phenoxy) is 1. The Kier molecular flexibility index (Phi) is 3.84. The van der Waals surface area contributed by atoms with Crippen molar-refractivity contribution in [3.63, 3.8) is 0 Å². The smallest absolute Gasteiger partial charge is 0.148 e. The van der Waals surface area contributed by atoms with E-state index < -0.39 is 6.10 Å². The molecule has 0 bridgehead atoms. The molecule has 0 fully saturated rings. The second kappa shape index (κ2) is 5.55. The normalized spacial score (nSPS) is 12.2. The molecule has 0 aliphatic carbocycles. The molecule has 0 aliphatic rings. The Morgan fingerprint density at radius 3 is 2.94 bits per heavy atom. The van der Waals surface area contributed by atoms with Crippen molar-refractivity contribution in [1.82, 2.24) is 9.78 Å². The van der Waals surface area contributed by atoms with Crippen molar-refractivity contribution in [3.05, 3.63) is 42.1 Å². The van der Waals surface area contributed by atoms with Gasteiger partial charge in [-0.2, -0.15) is 5.10 Å². The quantitative estimate of drug-likeness (QED) is 0.842. The lowest BCUT2D eigenvalue weighted by atomic mass is 10.1. The standard InChI is InChI=1S/C13H17N3O2/c1-16-7-6-13(15-16)14-9-12(17)10-4-3-5-11(8-10)18-2/h3-8,12,17H,9H2,1-2H3,(H,14,15). The van der Waals surface area contributed by atoms with Crippen LogP contribution in [0.25, 0.3) is 0 Å². The first-order valence-electron chi connectivity index (χ1n) is 5.74. The Hall–Kier alpha value is -2.01. The molecule has 0 spiro atoms. The Labute approximate surface area is 106 Å². The highest BCUT2D eigenvalue weighted by molar-refractivity contribution is 5.34. The van der Waals surface area contributed by atoms with Crippen molar-refractivity contribution in [2.75, 3.05) is 19.0 Å². The summed E-state index contributed by atoms with van der Waals surface area (Å²) in [6.45, 7) is 0.407. The maximum absolute atomic E-state index is 10.1. The number of hydrogen-bond donors (Lipinski definition) is 2. The lowest BCUT2D eigenvalue weighted by molar-refractivity contribution is 0.191. The van der Waals surface area contributed by atoms with E-state index in [-0.39, 0.29) is 0 Å². The SMILES string of the molecule is COc1cccc(C(O)CNc2ccn(C)n2)c1. The summed E-state index contributed by atoms with van der Waals surface area (Å²) in [4.78, 5) is 0. The third-order valence-corrected chi connectivity index (χ3v) is 2.67. The minimum absolute atomic E-state index is 0.407. The van der Waals surface area contributed by atoms with Crippen LogP contribution in [0.5, 0.6) is 5.75 Å². The Morgan fingerprint density at radius 2 is 2.28 bits per heavy atom. The summed E-state index contributed by atoms with van der Waals surface area (Å²) >= 11 is 0.